The second kappa shape index (κ2) is 3.65. The Balaban J connectivity index is 2.29. The van der Waals surface area contributed by atoms with Gasteiger partial charge in [-0.3, -0.25) is 0 Å². The first-order valence-corrected chi connectivity index (χ1v) is 4.81. The third-order valence-corrected chi connectivity index (χ3v) is 2.25. The van der Waals surface area contributed by atoms with E-state index in [1.807, 2.05) is 38.1 Å². The molecule has 4 N–H and O–H groups in total. The van der Waals surface area contributed by atoms with Crippen LogP contribution < -0.4 is 11.1 Å². The summed E-state index contributed by atoms with van der Waals surface area (Å²) in [7, 11) is 0. The predicted octanol–water partition coefficient (Wildman–Crippen LogP) is 2.35. The number of aromatic nitrogens is 2. The molecule has 4 nitrogen and oxygen atoms in total. The van der Waals surface area contributed by atoms with Crippen molar-refractivity contribution in [3.05, 3.63) is 35.7 Å². The maximum Gasteiger partial charge on any atom is 0.173 e. The van der Waals surface area contributed by atoms with E-state index in [2.05, 4.69) is 15.3 Å². The van der Waals surface area contributed by atoms with Crippen molar-refractivity contribution in [2.45, 2.75) is 13.8 Å². The Bertz CT molecular complexity index is 473. The summed E-state index contributed by atoms with van der Waals surface area (Å²) in [5, 5.41) is 3.19. The van der Waals surface area contributed by atoms with Gasteiger partial charge >= 0.3 is 0 Å². The number of rotatable bonds is 2. The smallest absolute Gasteiger partial charge is 0.173 e. The van der Waals surface area contributed by atoms with E-state index in [1.165, 1.54) is 0 Å². The van der Waals surface area contributed by atoms with Crippen molar-refractivity contribution in [3.63, 3.8) is 0 Å². The number of H-pyrrole nitrogens is 1. The van der Waals surface area contributed by atoms with Crippen LogP contribution in [-0.4, -0.2) is 9.97 Å². The van der Waals surface area contributed by atoms with Crippen molar-refractivity contribution >= 4 is 17.3 Å². The lowest BCUT2D eigenvalue weighted by Crippen LogP contribution is -1.96. The maximum absolute atomic E-state index is 5.76. The van der Waals surface area contributed by atoms with Crippen molar-refractivity contribution in [1.29, 1.82) is 0 Å². The van der Waals surface area contributed by atoms with Crippen LogP contribution >= 0.6 is 0 Å². The lowest BCUT2D eigenvalue weighted by molar-refractivity contribution is 1.15. The summed E-state index contributed by atoms with van der Waals surface area (Å²) in [4.78, 5) is 7.21. The van der Waals surface area contributed by atoms with Gasteiger partial charge in [0.2, 0.25) is 0 Å². The fourth-order valence-corrected chi connectivity index (χ4v) is 1.45. The number of hydrogen-bond donors (Lipinski definition) is 3. The normalized spacial score (nSPS) is 10.3. The third-order valence-electron chi connectivity index (χ3n) is 2.25. The number of anilines is 3. The number of benzene rings is 1. The van der Waals surface area contributed by atoms with Crippen LogP contribution in [0, 0.1) is 13.8 Å². The van der Waals surface area contributed by atoms with Crippen LogP contribution in [0.2, 0.25) is 0 Å². The Kier molecular flexibility index (Phi) is 2.33. The van der Waals surface area contributed by atoms with Crippen LogP contribution in [0.1, 0.15) is 11.4 Å². The van der Waals surface area contributed by atoms with E-state index in [1.54, 1.807) is 0 Å². The summed E-state index contributed by atoms with van der Waals surface area (Å²) in [6.45, 7) is 3.91. The zero-order valence-corrected chi connectivity index (χ0v) is 8.83. The molecule has 0 saturated carbocycles. The summed E-state index contributed by atoms with van der Waals surface area (Å²) in [5.41, 5.74) is 7.95. The SMILES string of the molecule is Cc1nc(Nc2ccccc2C)c(N)[nH]1. The van der Waals surface area contributed by atoms with Crippen molar-refractivity contribution in [3.8, 4) is 0 Å². The molecule has 2 aromatic rings. The zero-order valence-electron chi connectivity index (χ0n) is 8.83. The fraction of sp³-hybridized carbons (Fsp3) is 0.182. The van der Waals surface area contributed by atoms with Gasteiger partial charge in [0.1, 0.15) is 11.6 Å². The molecule has 1 heterocycles. The minimum Gasteiger partial charge on any atom is -0.382 e. The third kappa shape index (κ3) is 1.93. The van der Waals surface area contributed by atoms with Gasteiger partial charge in [-0.1, -0.05) is 18.2 Å². The van der Waals surface area contributed by atoms with Crippen LogP contribution in [0.4, 0.5) is 17.3 Å². The number of nitrogens with two attached hydrogens (primary N) is 1. The molecule has 4 heteroatoms. The first-order valence-electron chi connectivity index (χ1n) is 4.81. The number of nitrogens with one attached hydrogen (secondary N) is 2. The second-order valence-corrected chi connectivity index (χ2v) is 3.52. The van der Waals surface area contributed by atoms with Crippen molar-refractivity contribution < 1.29 is 0 Å². The molecule has 2 rings (SSSR count). The Labute approximate surface area is 88.5 Å². The Morgan fingerprint density at radius 3 is 2.60 bits per heavy atom. The molecule has 0 spiro atoms. The number of hydrogen-bond acceptors (Lipinski definition) is 3. The summed E-state index contributed by atoms with van der Waals surface area (Å²) >= 11 is 0. The lowest BCUT2D eigenvalue weighted by atomic mass is 10.2. The molecular formula is C11H14N4. The van der Waals surface area contributed by atoms with E-state index in [9.17, 15) is 0 Å². The molecule has 0 atom stereocenters. The van der Waals surface area contributed by atoms with Crippen molar-refractivity contribution in [2.24, 2.45) is 0 Å². The summed E-state index contributed by atoms with van der Waals surface area (Å²) in [6.07, 6.45) is 0. The van der Waals surface area contributed by atoms with Crippen LogP contribution in [-0.2, 0) is 0 Å². The zero-order chi connectivity index (χ0) is 10.8. The summed E-state index contributed by atoms with van der Waals surface area (Å²) in [5.74, 6) is 2.06. The first-order chi connectivity index (χ1) is 7.16. The number of nitrogens with zero attached hydrogens (tertiary/aromatic N) is 1. The molecule has 0 bridgehead atoms. The van der Waals surface area contributed by atoms with Crippen LogP contribution in [0.15, 0.2) is 24.3 Å². The molecule has 0 saturated heterocycles. The van der Waals surface area contributed by atoms with Crippen LogP contribution in [0.3, 0.4) is 0 Å². The van der Waals surface area contributed by atoms with Gasteiger partial charge in [0, 0.05) is 5.69 Å². The number of nitrogen functional groups attached to an aromatic ring is 1. The van der Waals surface area contributed by atoms with Gasteiger partial charge in [0.05, 0.1) is 0 Å². The topological polar surface area (TPSA) is 66.7 Å². The number of para-hydroxylation sites is 1. The first kappa shape index (κ1) is 9.58. The highest BCUT2D eigenvalue weighted by atomic mass is 15.1. The number of aromatic amines is 1. The molecule has 0 aliphatic heterocycles. The van der Waals surface area contributed by atoms with Crippen molar-refractivity contribution in [1.82, 2.24) is 9.97 Å². The van der Waals surface area contributed by atoms with E-state index in [4.69, 9.17) is 5.73 Å². The van der Waals surface area contributed by atoms with Gasteiger partial charge in [0.15, 0.2) is 5.82 Å². The molecular weight excluding hydrogens is 188 g/mol. The molecule has 0 fully saturated rings. The maximum atomic E-state index is 5.76. The molecule has 78 valence electrons. The second-order valence-electron chi connectivity index (χ2n) is 3.52. The van der Waals surface area contributed by atoms with Crippen LogP contribution in [0.25, 0.3) is 0 Å². The lowest BCUT2D eigenvalue weighted by Gasteiger charge is -2.06. The van der Waals surface area contributed by atoms with Gasteiger partial charge < -0.3 is 16.0 Å². The van der Waals surface area contributed by atoms with E-state index in [-0.39, 0.29) is 0 Å². The van der Waals surface area contributed by atoms with Gasteiger partial charge in [-0.05, 0) is 25.5 Å². The average Bonchev–Trinajstić information content (AvgIpc) is 2.49. The number of aryl methyl sites for hydroxylation is 2. The van der Waals surface area contributed by atoms with E-state index < -0.39 is 0 Å². The van der Waals surface area contributed by atoms with E-state index in [0.29, 0.717) is 11.6 Å². The van der Waals surface area contributed by atoms with Gasteiger partial charge in [-0.2, -0.15) is 0 Å². The van der Waals surface area contributed by atoms with E-state index in [0.717, 1.165) is 17.1 Å². The minimum absolute atomic E-state index is 0.566. The minimum atomic E-state index is 0.566. The summed E-state index contributed by atoms with van der Waals surface area (Å²) < 4.78 is 0. The standard InChI is InChI=1S/C11H14N4/c1-7-5-3-4-6-9(7)15-11-10(12)13-8(2)14-11/h3-6,15H,12H2,1-2H3,(H,13,14). The molecule has 0 amide bonds. The Morgan fingerprint density at radius 1 is 1.27 bits per heavy atom. The van der Waals surface area contributed by atoms with Crippen molar-refractivity contribution in [2.75, 3.05) is 11.1 Å². The van der Waals surface area contributed by atoms with Gasteiger partial charge in [-0.15, -0.1) is 0 Å². The quantitative estimate of drug-likeness (QED) is 0.700. The average molecular weight is 202 g/mol. The monoisotopic (exact) mass is 202 g/mol. The van der Waals surface area contributed by atoms with Crippen LogP contribution in [0.5, 0.6) is 0 Å². The molecule has 0 aliphatic carbocycles. The highest BCUT2D eigenvalue weighted by molar-refractivity contribution is 5.68. The predicted molar refractivity (Wildman–Crippen MR) is 62.2 cm³/mol. The molecule has 0 radical (unpaired) electrons. The Morgan fingerprint density at radius 2 is 2.00 bits per heavy atom. The molecule has 0 unspecified atom stereocenters. The summed E-state index contributed by atoms with van der Waals surface area (Å²) in [6, 6.07) is 8.02. The fourth-order valence-electron chi connectivity index (χ4n) is 1.45. The molecule has 1 aromatic heterocycles. The highest BCUT2D eigenvalue weighted by Gasteiger charge is 2.05. The van der Waals surface area contributed by atoms with Gasteiger partial charge in [-0.25, -0.2) is 4.98 Å². The van der Waals surface area contributed by atoms with E-state index >= 15 is 0 Å². The molecule has 1 aromatic carbocycles. The molecule has 15 heavy (non-hydrogen) atoms. The van der Waals surface area contributed by atoms with Gasteiger partial charge in [0.25, 0.3) is 0 Å². The highest BCUT2D eigenvalue weighted by Crippen LogP contribution is 2.22. The Hall–Kier alpha value is -1.97. The molecule has 0 aliphatic rings. The largest absolute Gasteiger partial charge is 0.382 e. The number of imidazole rings is 1.